The Morgan fingerprint density at radius 2 is 2.29 bits per heavy atom. The molecule has 1 fully saturated rings. The minimum Gasteiger partial charge on any atom is -0.481 e. The zero-order valence-corrected chi connectivity index (χ0v) is 14.7. The molecule has 7 nitrogen and oxygen atoms in total. The number of nitrogens with one attached hydrogen (secondary N) is 2. The summed E-state index contributed by atoms with van der Waals surface area (Å²) in [4.78, 5) is 22.5. The molecule has 0 spiro atoms. The Labute approximate surface area is 143 Å². The van der Waals surface area contributed by atoms with Gasteiger partial charge in [-0.05, 0) is 18.9 Å². The number of aromatic nitrogens is 1. The van der Waals surface area contributed by atoms with Crippen LogP contribution in [0, 0.1) is 0 Å². The van der Waals surface area contributed by atoms with E-state index in [1.54, 1.807) is 13.3 Å². The van der Waals surface area contributed by atoms with E-state index in [0.29, 0.717) is 18.8 Å². The summed E-state index contributed by atoms with van der Waals surface area (Å²) < 4.78 is 5.06. The van der Waals surface area contributed by atoms with Crippen molar-refractivity contribution in [2.75, 3.05) is 26.7 Å². The van der Waals surface area contributed by atoms with Crippen molar-refractivity contribution in [2.45, 2.75) is 39.3 Å². The first-order chi connectivity index (χ1) is 11.7. The summed E-state index contributed by atoms with van der Waals surface area (Å²) in [5.41, 5.74) is 1.02. The number of rotatable bonds is 6. The van der Waals surface area contributed by atoms with Crippen LogP contribution in [0.1, 0.15) is 32.3 Å². The number of carbonyl (C=O) groups excluding carboxylic acids is 1. The van der Waals surface area contributed by atoms with Crippen LogP contribution in [-0.4, -0.2) is 54.5 Å². The molecule has 2 N–H and O–H groups in total. The molecule has 0 aliphatic carbocycles. The van der Waals surface area contributed by atoms with Crippen LogP contribution in [0.15, 0.2) is 23.3 Å². The summed E-state index contributed by atoms with van der Waals surface area (Å²) in [7, 11) is 1.60. The van der Waals surface area contributed by atoms with E-state index in [2.05, 4.69) is 20.6 Å². The zero-order chi connectivity index (χ0) is 17.4. The van der Waals surface area contributed by atoms with E-state index >= 15 is 0 Å². The minimum absolute atomic E-state index is 0.213. The largest absolute Gasteiger partial charge is 0.481 e. The maximum Gasteiger partial charge on any atom is 0.222 e. The SMILES string of the molecule is CCNC(=NCc1ccc(OC)nc1)NC1CCN(C(=O)CC)C1. The Balaban J connectivity index is 1.92. The zero-order valence-electron chi connectivity index (χ0n) is 14.7. The molecule has 1 aromatic rings. The van der Waals surface area contributed by atoms with Gasteiger partial charge >= 0.3 is 0 Å². The van der Waals surface area contributed by atoms with Crippen LogP contribution in [0.25, 0.3) is 0 Å². The number of hydrogen-bond acceptors (Lipinski definition) is 4. The molecule has 1 aliphatic heterocycles. The van der Waals surface area contributed by atoms with Crippen molar-refractivity contribution in [1.82, 2.24) is 20.5 Å². The van der Waals surface area contributed by atoms with Crippen LogP contribution in [0.4, 0.5) is 0 Å². The van der Waals surface area contributed by atoms with Crippen molar-refractivity contribution in [3.05, 3.63) is 23.9 Å². The number of aliphatic imine (C=N–C) groups is 1. The van der Waals surface area contributed by atoms with E-state index in [1.165, 1.54) is 0 Å². The van der Waals surface area contributed by atoms with Gasteiger partial charge in [-0.25, -0.2) is 9.98 Å². The van der Waals surface area contributed by atoms with E-state index in [0.717, 1.165) is 37.6 Å². The van der Waals surface area contributed by atoms with Crippen molar-refractivity contribution in [2.24, 2.45) is 4.99 Å². The first-order valence-electron chi connectivity index (χ1n) is 8.47. The lowest BCUT2D eigenvalue weighted by molar-refractivity contribution is -0.129. The molecular weight excluding hydrogens is 306 g/mol. The highest BCUT2D eigenvalue weighted by atomic mass is 16.5. The minimum atomic E-state index is 0.213. The summed E-state index contributed by atoms with van der Waals surface area (Å²) in [6.07, 6.45) is 3.27. The summed E-state index contributed by atoms with van der Waals surface area (Å²) in [6.45, 7) is 6.81. The maximum atomic E-state index is 11.8. The molecular formula is C17H27N5O2. The molecule has 0 aromatic carbocycles. The molecule has 0 radical (unpaired) electrons. The molecule has 0 bridgehead atoms. The van der Waals surface area contributed by atoms with E-state index in [1.807, 2.05) is 30.9 Å². The first kappa shape index (κ1) is 18.0. The van der Waals surface area contributed by atoms with Crippen LogP contribution in [0.5, 0.6) is 5.88 Å². The molecule has 1 aromatic heterocycles. The number of likely N-dealkylation sites (tertiary alicyclic amines) is 1. The Morgan fingerprint density at radius 3 is 2.92 bits per heavy atom. The van der Waals surface area contributed by atoms with Gasteiger partial charge in [-0.15, -0.1) is 0 Å². The van der Waals surface area contributed by atoms with E-state index < -0.39 is 0 Å². The topological polar surface area (TPSA) is 78.9 Å². The smallest absolute Gasteiger partial charge is 0.222 e. The van der Waals surface area contributed by atoms with Gasteiger partial charge in [-0.3, -0.25) is 4.79 Å². The van der Waals surface area contributed by atoms with Crippen LogP contribution < -0.4 is 15.4 Å². The van der Waals surface area contributed by atoms with Gasteiger partial charge in [0.25, 0.3) is 0 Å². The number of pyridine rings is 1. The third-order valence-corrected chi connectivity index (χ3v) is 3.95. The highest BCUT2D eigenvalue weighted by Gasteiger charge is 2.25. The quantitative estimate of drug-likeness (QED) is 0.603. The second-order valence-electron chi connectivity index (χ2n) is 5.73. The van der Waals surface area contributed by atoms with Gasteiger partial charge in [0.05, 0.1) is 13.7 Å². The highest BCUT2D eigenvalue weighted by molar-refractivity contribution is 5.80. The third kappa shape index (κ3) is 5.11. The molecule has 1 saturated heterocycles. The van der Waals surface area contributed by atoms with Crippen molar-refractivity contribution in [3.63, 3.8) is 0 Å². The fourth-order valence-electron chi connectivity index (χ4n) is 2.64. The second kappa shape index (κ2) is 9.10. The standard InChI is InChI=1S/C17H27N5O2/c1-4-16(23)22-9-8-14(12-22)21-17(18-5-2)20-11-13-6-7-15(24-3)19-10-13/h6-7,10,14H,4-5,8-9,11-12H2,1-3H3,(H2,18,20,21). The predicted octanol–water partition coefficient (Wildman–Crippen LogP) is 1.16. The first-order valence-corrected chi connectivity index (χ1v) is 8.47. The van der Waals surface area contributed by atoms with Crippen LogP contribution >= 0.6 is 0 Å². The van der Waals surface area contributed by atoms with Gasteiger partial charge in [0.1, 0.15) is 0 Å². The van der Waals surface area contributed by atoms with Gasteiger partial charge in [0.2, 0.25) is 11.8 Å². The Morgan fingerprint density at radius 1 is 1.46 bits per heavy atom. The number of nitrogens with zero attached hydrogens (tertiary/aromatic N) is 3. The van der Waals surface area contributed by atoms with Crippen molar-refractivity contribution < 1.29 is 9.53 Å². The normalized spacial score (nSPS) is 17.7. The lowest BCUT2D eigenvalue weighted by atomic mass is 10.2. The number of carbonyl (C=O) groups is 1. The number of guanidine groups is 1. The molecule has 132 valence electrons. The average Bonchev–Trinajstić information content (AvgIpc) is 3.08. The van der Waals surface area contributed by atoms with E-state index in [4.69, 9.17) is 4.74 Å². The fraction of sp³-hybridized carbons (Fsp3) is 0.588. The number of ether oxygens (including phenoxy) is 1. The summed E-state index contributed by atoms with van der Waals surface area (Å²) >= 11 is 0. The monoisotopic (exact) mass is 333 g/mol. The molecule has 1 atom stereocenters. The summed E-state index contributed by atoms with van der Waals surface area (Å²) in [5.74, 6) is 1.58. The van der Waals surface area contributed by atoms with Crippen molar-refractivity contribution >= 4 is 11.9 Å². The molecule has 2 heterocycles. The van der Waals surface area contributed by atoms with Crippen molar-refractivity contribution in [3.8, 4) is 5.88 Å². The van der Waals surface area contributed by atoms with E-state index in [9.17, 15) is 4.79 Å². The lowest BCUT2D eigenvalue weighted by Crippen LogP contribution is -2.45. The predicted molar refractivity (Wildman–Crippen MR) is 94.0 cm³/mol. The second-order valence-corrected chi connectivity index (χ2v) is 5.73. The third-order valence-electron chi connectivity index (χ3n) is 3.95. The fourth-order valence-corrected chi connectivity index (χ4v) is 2.64. The molecule has 0 saturated carbocycles. The number of amides is 1. The molecule has 7 heteroatoms. The average molecular weight is 333 g/mol. The lowest BCUT2D eigenvalue weighted by Gasteiger charge is -2.18. The molecule has 24 heavy (non-hydrogen) atoms. The van der Waals surface area contributed by atoms with Crippen LogP contribution in [0.3, 0.4) is 0 Å². The van der Waals surface area contributed by atoms with E-state index in [-0.39, 0.29) is 11.9 Å². The highest BCUT2D eigenvalue weighted by Crippen LogP contribution is 2.11. The Kier molecular flexibility index (Phi) is 6.84. The molecule has 1 amide bonds. The Bertz CT molecular complexity index is 559. The number of methoxy groups -OCH3 is 1. The summed E-state index contributed by atoms with van der Waals surface area (Å²) in [5, 5.41) is 6.67. The maximum absolute atomic E-state index is 11.8. The van der Waals surface area contributed by atoms with Gasteiger partial charge in [0, 0.05) is 44.4 Å². The van der Waals surface area contributed by atoms with Gasteiger partial charge in [-0.1, -0.05) is 13.0 Å². The number of hydrogen-bond donors (Lipinski definition) is 2. The molecule has 2 rings (SSSR count). The van der Waals surface area contributed by atoms with Crippen LogP contribution in [-0.2, 0) is 11.3 Å². The summed E-state index contributed by atoms with van der Waals surface area (Å²) in [6, 6.07) is 4.03. The Hall–Kier alpha value is -2.31. The van der Waals surface area contributed by atoms with Gasteiger partial charge < -0.3 is 20.3 Å². The van der Waals surface area contributed by atoms with Crippen LogP contribution in [0.2, 0.25) is 0 Å². The molecule has 1 aliphatic rings. The van der Waals surface area contributed by atoms with Crippen molar-refractivity contribution in [1.29, 1.82) is 0 Å². The van der Waals surface area contributed by atoms with Gasteiger partial charge in [-0.2, -0.15) is 0 Å². The molecule has 1 unspecified atom stereocenters. The van der Waals surface area contributed by atoms with Gasteiger partial charge in [0.15, 0.2) is 5.96 Å².